The third-order valence-corrected chi connectivity index (χ3v) is 13.3. The van der Waals surface area contributed by atoms with Crippen molar-refractivity contribution < 1.29 is 23.9 Å². The second-order valence-electron chi connectivity index (χ2n) is 18.2. The molecule has 2 aromatic heterocycles. The molecule has 0 spiro atoms. The van der Waals surface area contributed by atoms with Crippen LogP contribution in [0.25, 0.3) is 22.2 Å². The summed E-state index contributed by atoms with van der Waals surface area (Å²) in [4.78, 5) is 71.2. The number of rotatable bonds is 16. The number of hydrogen-bond acceptors (Lipinski definition) is 7. The highest BCUT2D eigenvalue weighted by Crippen LogP contribution is 2.45. The number of aromatic amines is 2. The standard InChI is InChI=1S/C53H66N4O5/c1-12-38-33(7)40-28-45-47(37(11)58)35(9)42(55-45)26-41-34(8)39(50(56-41)49-51-48(52(60)53(49)61)36(10)43(57-51)27-44(38)54-40)22-23-46(59)62-25-24-32(6)21-15-20-31(5)19-14-18-30(4)17-13-16-29(2)3/h16,18,20,24,26-28,33-34,38-39,54,57H,12-15,17,19,21-23,25H2,1-11H3/b30-18+,31-20+,32-24+,40-28?,42-26?,44-27?,50-49?/t33-,34+,38-,39+/m1/s1. The third kappa shape index (κ3) is 9.93. The summed E-state index contributed by atoms with van der Waals surface area (Å²) < 4.78 is 5.71. The number of ketones is 3. The van der Waals surface area contributed by atoms with E-state index >= 15 is 0 Å². The molecule has 0 saturated heterocycles. The number of carbonyl (C=O) groups excluding carboxylic acids is 4. The van der Waals surface area contributed by atoms with Crippen LogP contribution >= 0.6 is 0 Å². The smallest absolute Gasteiger partial charge is 0.306 e. The molecular formula is C53H66N4O5. The molecule has 4 atom stereocenters. The fraction of sp³-hybridized carbons (Fsp3) is 0.472. The van der Waals surface area contributed by atoms with Crippen LogP contribution in [0.4, 0.5) is 0 Å². The Bertz CT molecular complexity index is 2510. The average Bonchev–Trinajstić information content (AvgIpc) is 3.94. The first-order valence-electron chi connectivity index (χ1n) is 22.6. The van der Waals surface area contributed by atoms with Crippen LogP contribution < -0.4 is 0 Å². The van der Waals surface area contributed by atoms with Crippen molar-refractivity contribution in [2.45, 2.75) is 158 Å². The summed E-state index contributed by atoms with van der Waals surface area (Å²) in [7, 11) is 0. The lowest BCUT2D eigenvalue weighted by atomic mass is 9.85. The van der Waals surface area contributed by atoms with E-state index in [0.717, 1.165) is 67.4 Å². The number of nitrogens with zero attached hydrogens (tertiary/aromatic N) is 2. The van der Waals surface area contributed by atoms with Gasteiger partial charge in [-0.15, -0.1) is 0 Å². The number of carbonyl (C=O) groups is 4. The van der Waals surface area contributed by atoms with Crippen molar-refractivity contribution >= 4 is 45.5 Å². The van der Waals surface area contributed by atoms with Crippen molar-refractivity contribution in [2.24, 2.45) is 0 Å². The Morgan fingerprint density at radius 2 is 1.34 bits per heavy atom. The fourth-order valence-electron chi connectivity index (χ4n) is 9.45. The minimum absolute atomic E-state index is 0.0715. The van der Waals surface area contributed by atoms with Gasteiger partial charge in [-0.2, -0.15) is 0 Å². The second-order valence-corrected chi connectivity index (χ2v) is 18.2. The molecule has 9 heteroatoms. The van der Waals surface area contributed by atoms with Crippen LogP contribution in [-0.2, 0) is 14.3 Å². The molecule has 0 saturated carbocycles. The molecule has 0 fully saturated rings. The SMILES string of the molecule is CC[C@H]1c2cc3[nH]c4c(c5nc(cc6nc(cc([nH]2)[C@@H]1C)C(C(C)=O)=C6C)[C@@H](C)[C@@H]5CCC(=O)OC/C=C(\C)CC/C=C(\C)CC/C=C(\C)CCC=C(C)C)C(=O)C(=O)c4c3C. The highest BCUT2D eigenvalue weighted by atomic mass is 16.5. The van der Waals surface area contributed by atoms with E-state index in [1.165, 1.54) is 22.3 Å². The molecule has 2 N–H and O–H groups in total. The summed E-state index contributed by atoms with van der Waals surface area (Å²) >= 11 is 0. The molecular weight excluding hydrogens is 773 g/mol. The molecule has 9 nitrogen and oxygen atoms in total. The molecule has 1 aliphatic carbocycles. The molecule has 6 rings (SSSR count). The Kier molecular flexibility index (Phi) is 14.7. The van der Waals surface area contributed by atoms with E-state index in [1.54, 1.807) is 6.92 Å². The number of nitrogens with one attached hydrogen (secondary N) is 2. The minimum atomic E-state index is -0.592. The molecule has 0 aromatic carbocycles. The van der Waals surface area contributed by atoms with Crippen molar-refractivity contribution in [3.63, 3.8) is 0 Å². The predicted molar refractivity (Wildman–Crippen MR) is 250 cm³/mol. The number of fused-ring (bicyclic) bond motifs is 8. The highest BCUT2D eigenvalue weighted by molar-refractivity contribution is 6.56. The van der Waals surface area contributed by atoms with Gasteiger partial charge in [0.25, 0.3) is 0 Å². The maximum Gasteiger partial charge on any atom is 0.306 e. The topological polar surface area (TPSA) is 135 Å². The van der Waals surface area contributed by atoms with Gasteiger partial charge in [0, 0.05) is 58.3 Å². The molecule has 4 aliphatic rings. The summed E-state index contributed by atoms with van der Waals surface area (Å²) in [6.07, 6.45) is 16.5. The molecule has 2 aromatic rings. The zero-order chi connectivity index (χ0) is 45.0. The molecule has 0 unspecified atom stereocenters. The van der Waals surface area contributed by atoms with Gasteiger partial charge in [0.1, 0.15) is 6.61 Å². The van der Waals surface area contributed by atoms with Crippen molar-refractivity contribution in [3.05, 3.63) is 116 Å². The Morgan fingerprint density at radius 3 is 1.97 bits per heavy atom. The van der Waals surface area contributed by atoms with Gasteiger partial charge in [-0.1, -0.05) is 61.3 Å². The first-order valence-corrected chi connectivity index (χ1v) is 22.6. The molecule has 328 valence electrons. The second kappa shape index (κ2) is 19.7. The van der Waals surface area contributed by atoms with Gasteiger partial charge < -0.3 is 14.7 Å². The van der Waals surface area contributed by atoms with Crippen LogP contribution in [0.15, 0.2) is 64.8 Å². The average molecular weight is 839 g/mol. The lowest BCUT2D eigenvalue weighted by Crippen LogP contribution is -2.13. The first-order chi connectivity index (χ1) is 29.5. The predicted octanol–water partition coefficient (Wildman–Crippen LogP) is 12.9. The van der Waals surface area contributed by atoms with E-state index in [4.69, 9.17) is 14.7 Å². The summed E-state index contributed by atoms with van der Waals surface area (Å²) in [5.41, 5.74) is 13.7. The van der Waals surface area contributed by atoms with Crippen LogP contribution in [-0.4, -0.2) is 49.9 Å². The molecule has 0 radical (unpaired) electrons. The number of aromatic nitrogens is 4. The van der Waals surface area contributed by atoms with Gasteiger partial charge >= 0.3 is 5.97 Å². The molecule has 8 bridgehead atoms. The summed E-state index contributed by atoms with van der Waals surface area (Å²) in [6, 6.07) is 5.94. The van der Waals surface area contributed by atoms with Crippen molar-refractivity contribution in [2.75, 3.05) is 6.61 Å². The van der Waals surface area contributed by atoms with Crippen LogP contribution in [0.1, 0.15) is 211 Å². The molecule has 3 aliphatic heterocycles. The van der Waals surface area contributed by atoms with Crippen LogP contribution in [0.3, 0.4) is 0 Å². The number of Topliss-reactive ketones (excluding diaryl/α,β-unsaturated/α-hetero) is 3. The highest BCUT2D eigenvalue weighted by Gasteiger charge is 2.41. The molecule has 5 heterocycles. The number of hydrogen-bond donors (Lipinski definition) is 2. The Morgan fingerprint density at radius 1 is 0.710 bits per heavy atom. The van der Waals surface area contributed by atoms with Crippen molar-refractivity contribution in [1.29, 1.82) is 0 Å². The largest absolute Gasteiger partial charge is 0.461 e. The van der Waals surface area contributed by atoms with Gasteiger partial charge in [0.05, 0.1) is 33.7 Å². The summed E-state index contributed by atoms with van der Waals surface area (Å²) in [5.74, 6) is -1.82. The lowest BCUT2D eigenvalue weighted by Gasteiger charge is -2.16. The van der Waals surface area contributed by atoms with Gasteiger partial charge in [-0.25, -0.2) is 4.98 Å². The van der Waals surface area contributed by atoms with Crippen molar-refractivity contribution in [3.8, 4) is 0 Å². The number of ether oxygens (including phenoxy) is 1. The fourth-order valence-corrected chi connectivity index (χ4v) is 9.45. The van der Waals surface area contributed by atoms with Gasteiger partial charge in [-0.3, -0.25) is 24.2 Å². The molecule has 62 heavy (non-hydrogen) atoms. The van der Waals surface area contributed by atoms with Gasteiger partial charge in [0.15, 0.2) is 5.78 Å². The van der Waals surface area contributed by atoms with E-state index in [1.807, 2.05) is 45.0 Å². The van der Waals surface area contributed by atoms with E-state index < -0.39 is 11.6 Å². The maximum atomic E-state index is 13.9. The summed E-state index contributed by atoms with van der Waals surface area (Å²) in [6.45, 7) is 22.6. The number of allylic oxidation sites excluding steroid dienone is 9. The van der Waals surface area contributed by atoms with Crippen LogP contribution in [0, 0.1) is 6.92 Å². The first kappa shape index (κ1) is 46.1. The maximum absolute atomic E-state index is 13.9. The van der Waals surface area contributed by atoms with Gasteiger partial charge in [-0.05, 0) is 142 Å². The number of H-pyrrole nitrogens is 2. The minimum Gasteiger partial charge on any atom is -0.461 e. The van der Waals surface area contributed by atoms with Crippen molar-refractivity contribution in [1.82, 2.24) is 19.9 Å². The normalized spacial score (nSPS) is 19.6. The Balaban J connectivity index is 1.22. The van der Waals surface area contributed by atoms with Gasteiger partial charge in [0.2, 0.25) is 11.6 Å². The number of esters is 1. The summed E-state index contributed by atoms with van der Waals surface area (Å²) in [5, 5.41) is 0. The Hall–Kier alpha value is -5.44. The third-order valence-electron chi connectivity index (χ3n) is 13.3. The zero-order valence-electron chi connectivity index (χ0n) is 38.9. The molecule has 0 amide bonds. The van der Waals surface area contributed by atoms with E-state index in [-0.39, 0.29) is 54.0 Å². The quantitative estimate of drug-likeness (QED) is 0.0976. The number of aryl methyl sites for hydroxylation is 1. The zero-order valence-corrected chi connectivity index (χ0v) is 38.9. The monoisotopic (exact) mass is 839 g/mol. The Labute approximate surface area is 368 Å². The van der Waals surface area contributed by atoms with E-state index in [2.05, 4.69) is 76.7 Å². The lowest BCUT2D eigenvalue weighted by molar-refractivity contribution is -0.142. The van der Waals surface area contributed by atoms with Crippen LogP contribution in [0.2, 0.25) is 0 Å². The van der Waals surface area contributed by atoms with E-state index in [9.17, 15) is 19.2 Å². The van der Waals surface area contributed by atoms with Crippen LogP contribution in [0.5, 0.6) is 0 Å². The van der Waals surface area contributed by atoms with E-state index in [0.29, 0.717) is 51.4 Å².